The van der Waals surface area contributed by atoms with Gasteiger partial charge in [0.05, 0.1) is 12.2 Å². The van der Waals surface area contributed by atoms with Gasteiger partial charge in [-0.1, -0.05) is 26.8 Å². The van der Waals surface area contributed by atoms with Crippen LogP contribution in [-0.2, 0) is 18.4 Å². The van der Waals surface area contributed by atoms with Gasteiger partial charge in [-0.25, -0.2) is 4.98 Å². The monoisotopic (exact) mass is 336 g/mol. The number of guanidine groups is 1. The van der Waals surface area contributed by atoms with Crippen LogP contribution in [0.2, 0.25) is 0 Å². The molecule has 0 atom stereocenters. The van der Waals surface area contributed by atoms with E-state index in [0.29, 0.717) is 6.54 Å². The number of hydrogen-bond acceptors (Lipinski definition) is 4. The van der Waals surface area contributed by atoms with Crippen molar-refractivity contribution in [2.75, 3.05) is 13.6 Å². The molecule has 2 N–H and O–H groups in total. The third kappa shape index (κ3) is 5.10. The molecule has 0 saturated heterocycles. The Hall–Kier alpha value is -1.40. The molecule has 0 unspecified atom stereocenters. The van der Waals surface area contributed by atoms with Gasteiger partial charge < -0.3 is 10.6 Å². The van der Waals surface area contributed by atoms with E-state index in [1.54, 1.807) is 29.7 Å². The van der Waals surface area contributed by atoms with E-state index in [1.165, 1.54) is 4.88 Å². The second kappa shape index (κ2) is 7.74. The van der Waals surface area contributed by atoms with Crippen molar-refractivity contribution in [3.8, 4) is 0 Å². The minimum Gasteiger partial charge on any atom is -0.356 e. The predicted molar refractivity (Wildman–Crippen MR) is 97.0 cm³/mol. The number of hydrogen-bond donors (Lipinski definition) is 2. The molecule has 0 bridgehead atoms. The Kier molecular flexibility index (Phi) is 5.97. The Labute approximate surface area is 140 Å². The molecule has 0 aromatic carbocycles. The van der Waals surface area contributed by atoms with Gasteiger partial charge in [-0.05, 0) is 17.9 Å². The van der Waals surface area contributed by atoms with Crippen molar-refractivity contribution < 1.29 is 0 Å². The summed E-state index contributed by atoms with van der Waals surface area (Å²) in [5, 5.41) is 12.0. The Bertz CT molecular complexity index is 594. The first-order valence-corrected chi connectivity index (χ1v) is 9.17. The van der Waals surface area contributed by atoms with E-state index < -0.39 is 0 Å². The molecule has 2 aromatic rings. The summed E-state index contributed by atoms with van der Waals surface area (Å²) < 4.78 is 0. The molecule has 0 aliphatic heterocycles. The van der Waals surface area contributed by atoms with Gasteiger partial charge in [0, 0.05) is 29.3 Å². The molecule has 22 heavy (non-hydrogen) atoms. The lowest BCUT2D eigenvalue weighted by molar-refractivity contribution is 0.570. The van der Waals surface area contributed by atoms with Gasteiger partial charge in [0.25, 0.3) is 0 Å². The normalized spacial score (nSPS) is 12.5. The number of thiazole rings is 1. The molecular formula is C16H24N4S2. The van der Waals surface area contributed by atoms with Gasteiger partial charge in [-0.2, -0.15) is 0 Å². The number of thiophene rings is 1. The molecule has 0 spiro atoms. The molecule has 6 heteroatoms. The number of nitrogens with zero attached hydrogens (tertiary/aromatic N) is 2. The third-order valence-electron chi connectivity index (χ3n) is 3.19. The maximum Gasteiger partial charge on any atom is 0.191 e. The van der Waals surface area contributed by atoms with Crippen LogP contribution >= 0.6 is 22.7 Å². The van der Waals surface area contributed by atoms with E-state index in [2.05, 4.69) is 64.3 Å². The van der Waals surface area contributed by atoms with Crippen molar-refractivity contribution in [3.05, 3.63) is 38.5 Å². The molecule has 2 heterocycles. The number of nitrogens with one attached hydrogen (secondary N) is 2. The predicted octanol–water partition coefficient (Wildman–Crippen LogP) is 3.41. The van der Waals surface area contributed by atoms with Crippen LogP contribution in [-0.4, -0.2) is 24.5 Å². The van der Waals surface area contributed by atoms with Crippen molar-refractivity contribution in [1.82, 2.24) is 15.6 Å². The molecule has 120 valence electrons. The summed E-state index contributed by atoms with van der Waals surface area (Å²) in [6.45, 7) is 8.14. The molecule has 0 radical (unpaired) electrons. The zero-order chi connectivity index (χ0) is 16.0. The van der Waals surface area contributed by atoms with Crippen LogP contribution in [0.1, 0.15) is 36.3 Å². The summed E-state index contributed by atoms with van der Waals surface area (Å²) in [5.41, 5.74) is 1.25. The summed E-state index contributed by atoms with van der Waals surface area (Å²) in [6.07, 6.45) is 1.02. The Morgan fingerprint density at radius 2 is 2.09 bits per heavy atom. The first-order valence-electron chi connectivity index (χ1n) is 7.41. The fourth-order valence-corrected chi connectivity index (χ4v) is 3.54. The van der Waals surface area contributed by atoms with Crippen LogP contribution in [0.3, 0.4) is 0 Å². The second-order valence-corrected chi connectivity index (χ2v) is 8.03. The van der Waals surface area contributed by atoms with Crippen LogP contribution < -0.4 is 10.6 Å². The first-order chi connectivity index (χ1) is 10.5. The van der Waals surface area contributed by atoms with E-state index >= 15 is 0 Å². The lowest BCUT2D eigenvalue weighted by Crippen LogP contribution is -2.37. The molecule has 0 amide bonds. The smallest absolute Gasteiger partial charge is 0.191 e. The highest BCUT2D eigenvalue weighted by Crippen LogP contribution is 2.23. The van der Waals surface area contributed by atoms with Gasteiger partial charge in [0.15, 0.2) is 5.96 Å². The van der Waals surface area contributed by atoms with Gasteiger partial charge >= 0.3 is 0 Å². The molecule has 0 aliphatic carbocycles. The molecule has 2 aromatic heterocycles. The molecule has 4 nitrogen and oxygen atoms in total. The minimum atomic E-state index is 0.107. The zero-order valence-electron chi connectivity index (χ0n) is 13.6. The van der Waals surface area contributed by atoms with Crippen LogP contribution in [0.15, 0.2) is 27.9 Å². The summed E-state index contributed by atoms with van der Waals surface area (Å²) in [7, 11) is 1.79. The SMILES string of the molecule is CN=C(NCCc1cccs1)NCc1nc(C(C)(C)C)cs1. The topological polar surface area (TPSA) is 49.3 Å². The van der Waals surface area contributed by atoms with Crippen molar-refractivity contribution in [2.45, 2.75) is 39.2 Å². The average molecular weight is 337 g/mol. The van der Waals surface area contributed by atoms with Gasteiger partial charge in [-0.3, -0.25) is 4.99 Å². The van der Waals surface area contributed by atoms with E-state index in [0.717, 1.165) is 29.6 Å². The van der Waals surface area contributed by atoms with Crippen molar-refractivity contribution >= 4 is 28.6 Å². The lowest BCUT2D eigenvalue weighted by Gasteiger charge is -2.14. The Morgan fingerprint density at radius 1 is 1.27 bits per heavy atom. The molecule has 0 fully saturated rings. The van der Waals surface area contributed by atoms with Gasteiger partial charge in [0.1, 0.15) is 5.01 Å². The fourth-order valence-electron chi connectivity index (χ4n) is 1.88. The van der Waals surface area contributed by atoms with Crippen molar-refractivity contribution in [3.63, 3.8) is 0 Å². The standard InChI is InChI=1S/C16H24N4S2/c1-16(2,3)13-11-22-14(20-13)10-19-15(17-4)18-8-7-12-6-5-9-21-12/h5-6,9,11H,7-8,10H2,1-4H3,(H2,17,18,19). The molecule has 0 aliphatic rings. The van der Waals surface area contributed by atoms with Crippen LogP contribution in [0.5, 0.6) is 0 Å². The maximum atomic E-state index is 4.68. The van der Waals surface area contributed by atoms with E-state index in [9.17, 15) is 0 Å². The van der Waals surface area contributed by atoms with Crippen molar-refractivity contribution in [2.24, 2.45) is 4.99 Å². The Balaban J connectivity index is 1.77. The minimum absolute atomic E-state index is 0.107. The molecule has 2 rings (SSSR count). The summed E-state index contributed by atoms with van der Waals surface area (Å²) in [6, 6.07) is 4.24. The lowest BCUT2D eigenvalue weighted by atomic mass is 9.93. The molecular weight excluding hydrogens is 312 g/mol. The largest absolute Gasteiger partial charge is 0.356 e. The first kappa shape index (κ1) is 17.0. The highest BCUT2D eigenvalue weighted by atomic mass is 32.1. The van der Waals surface area contributed by atoms with Gasteiger partial charge in [-0.15, -0.1) is 22.7 Å². The Morgan fingerprint density at radius 3 is 2.68 bits per heavy atom. The number of rotatable bonds is 5. The zero-order valence-corrected chi connectivity index (χ0v) is 15.3. The van der Waals surface area contributed by atoms with E-state index in [1.807, 2.05) is 0 Å². The highest BCUT2D eigenvalue weighted by molar-refractivity contribution is 7.10. The quantitative estimate of drug-likeness (QED) is 0.650. The summed E-state index contributed by atoms with van der Waals surface area (Å²) >= 11 is 3.48. The average Bonchev–Trinajstić information content (AvgIpc) is 3.13. The third-order valence-corrected chi connectivity index (χ3v) is 4.98. The fraction of sp³-hybridized carbons (Fsp3) is 0.500. The van der Waals surface area contributed by atoms with Crippen LogP contribution in [0.4, 0.5) is 0 Å². The second-order valence-electron chi connectivity index (χ2n) is 6.06. The van der Waals surface area contributed by atoms with Gasteiger partial charge in [0.2, 0.25) is 0 Å². The van der Waals surface area contributed by atoms with Crippen molar-refractivity contribution in [1.29, 1.82) is 0 Å². The molecule has 0 saturated carbocycles. The maximum absolute atomic E-state index is 4.68. The van der Waals surface area contributed by atoms with Crippen LogP contribution in [0, 0.1) is 0 Å². The van der Waals surface area contributed by atoms with E-state index in [-0.39, 0.29) is 5.41 Å². The van der Waals surface area contributed by atoms with E-state index in [4.69, 9.17) is 0 Å². The van der Waals surface area contributed by atoms with Crippen LogP contribution in [0.25, 0.3) is 0 Å². The summed E-state index contributed by atoms with van der Waals surface area (Å²) in [4.78, 5) is 10.3. The number of aromatic nitrogens is 1. The number of aliphatic imine (C=N–C) groups is 1. The highest BCUT2D eigenvalue weighted by Gasteiger charge is 2.17. The summed E-state index contributed by atoms with van der Waals surface area (Å²) in [5.74, 6) is 0.823.